The number of hydrogen-bond acceptors (Lipinski definition) is 4. The topological polar surface area (TPSA) is 75.5 Å². The molecule has 0 saturated heterocycles. The van der Waals surface area contributed by atoms with Crippen LogP contribution in [0.3, 0.4) is 0 Å². The van der Waals surface area contributed by atoms with E-state index in [-0.39, 0.29) is 21.7 Å². The van der Waals surface area contributed by atoms with Crippen molar-refractivity contribution >= 4 is 21.6 Å². The molecule has 4 rings (SSSR count). The highest BCUT2D eigenvalue weighted by Crippen LogP contribution is 2.34. The van der Waals surface area contributed by atoms with Crippen molar-refractivity contribution < 1.29 is 22.0 Å². The molecule has 1 aliphatic rings. The zero-order chi connectivity index (χ0) is 22.5. The molecule has 10 heteroatoms. The lowest BCUT2D eigenvalue weighted by atomic mass is 10.1. The van der Waals surface area contributed by atoms with Gasteiger partial charge in [0, 0.05) is 51.2 Å². The van der Waals surface area contributed by atoms with Gasteiger partial charge < -0.3 is 4.90 Å². The minimum atomic E-state index is -3.68. The van der Waals surface area contributed by atoms with Gasteiger partial charge in [-0.2, -0.15) is 5.10 Å². The molecule has 0 atom stereocenters. The molecule has 0 saturated carbocycles. The second-order valence-corrected chi connectivity index (χ2v) is 9.63. The van der Waals surface area contributed by atoms with Crippen LogP contribution in [-0.4, -0.2) is 49.1 Å². The van der Waals surface area contributed by atoms with Crippen molar-refractivity contribution in [3.8, 4) is 11.3 Å². The van der Waals surface area contributed by atoms with Gasteiger partial charge in [0.1, 0.15) is 17.3 Å². The third-order valence-electron chi connectivity index (χ3n) is 5.22. The van der Waals surface area contributed by atoms with Gasteiger partial charge in [-0.15, -0.1) is 0 Å². The number of fused-ring (bicyclic) bond motifs is 1. The van der Waals surface area contributed by atoms with Gasteiger partial charge in [0.25, 0.3) is 5.91 Å². The van der Waals surface area contributed by atoms with Crippen molar-refractivity contribution in [1.29, 1.82) is 0 Å². The summed E-state index contributed by atoms with van der Waals surface area (Å²) in [6.45, 7) is 0.347. The number of rotatable bonds is 4. The van der Waals surface area contributed by atoms with Gasteiger partial charge in [0.05, 0.1) is 10.5 Å². The summed E-state index contributed by atoms with van der Waals surface area (Å²) in [6, 6.07) is 7.77. The van der Waals surface area contributed by atoms with Crippen LogP contribution in [0.25, 0.3) is 11.3 Å². The molecule has 0 aliphatic carbocycles. The minimum Gasteiger partial charge on any atom is -0.308 e. The lowest BCUT2D eigenvalue weighted by Gasteiger charge is -2.19. The predicted octanol–water partition coefficient (Wildman–Crippen LogP) is 2.82. The Labute approximate surface area is 178 Å². The van der Waals surface area contributed by atoms with E-state index in [1.54, 1.807) is 13.1 Å². The summed E-state index contributed by atoms with van der Waals surface area (Å²) >= 11 is 0. The minimum absolute atomic E-state index is 0.00806. The van der Waals surface area contributed by atoms with Gasteiger partial charge in [-0.1, -0.05) is 6.07 Å². The van der Waals surface area contributed by atoms with Crippen molar-refractivity contribution in [2.45, 2.75) is 11.3 Å². The number of anilines is 1. The molecule has 162 valence electrons. The van der Waals surface area contributed by atoms with Crippen LogP contribution in [-0.2, 0) is 23.5 Å². The SMILES string of the molecule is CN(C)S(=O)(=O)c1ccc2c(c1)N(C(=O)c1cn(C)nc1-c1ccc(F)cc1F)CC2. The number of carbonyl (C=O) groups is 1. The standard InChI is InChI=1S/C21H20F2N4O3S/c1-25(2)31(29,30)15-6-4-13-8-9-27(19(13)11-15)21(28)17-12-26(3)24-20(17)16-7-5-14(22)10-18(16)23/h4-7,10-12H,8-9H2,1-3H3. The van der Waals surface area contributed by atoms with Gasteiger partial charge in [0.2, 0.25) is 10.0 Å². The molecule has 1 aliphatic heterocycles. The van der Waals surface area contributed by atoms with E-state index in [0.717, 1.165) is 22.0 Å². The third-order valence-corrected chi connectivity index (χ3v) is 7.03. The molecular weight excluding hydrogens is 426 g/mol. The first-order valence-corrected chi connectivity index (χ1v) is 10.9. The Hall–Kier alpha value is -3.11. The first-order chi connectivity index (χ1) is 14.6. The maximum atomic E-state index is 14.4. The predicted molar refractivity (Wildman–Crippen MR) is 111 cm³/mol. The highest BCUT2D eigenvalue weighted by molar-refractivity contribution is 7.89. The van der Waals surface area contributed by atoms with Crippen molar-refractivity contribution in [1.82, 2.24) is 14.1 Å². The van der Waals surface area contributed by atoms with Crippen molar-refractivity contribution in [3.63, 3.8) is 0 Å². The lowest BCUT2D eigenvalue weighted by Crippen LogP contribution is -2.29. The van der Waals surface area contributed by atoms with Crippen LogP contribution in [0, 0.1) is 11.6 Å². The lowest BCUT2D eigenvalue weighted by molar-refractivity contribution is 0.0990. The number of sulfonamides is 1. The summed E-state index contributed by atoms with van der Waals surface area (Å²) in [5, 5.41) is 4.20. The summed E-state index contributed by atoms with van der Waals surface area (Å²) in [7, 11) is 0.794. The maximum absolute atomic E-state index is 14.4. The average molecular weight is 446 g/mol. The molecule has 0 unspecified atom stereocenters. The molecule has 0 bridgehead atoms. The molecular formula is C21H20F2N4O3S. The average Bonchev–Trinajstić information content (AvgIpc) is 3.30. The number of benzene rings is 2. The molecule has 7 nitrogen and oxygen atoms in total. The summed E-state index contributed by atoms with van der Waals surface area (Å²) in [5.74, 6) is -1.99. The first kappa shape index (κ1) is 21.1. The molecule has 31 heavy (non-hydrogen) atoms. The van der Waals surface area contributed by atoms with E-state index >= 15 is 0 Å². The highest BCUT2D eigenvalue weighted by atomic mass is 32.2. The van der Waals surface area contributed by atoms with Crippen LogP contribution in [0.2, 0.25) is 0 Å². The van der Waals surface area contributed by atoms with E-state index in [4.69, 9.17) is 0 Å². The number of nitrogens with zero attached hydrogens (tertiary/aromatic N) is 4. The van der Waals surface area contributed by atoms with Crippen molar-refractivity contribution in [2.75, 3.05) is 25.5 Å². The Balaban J connectivity index is 1.77. The first-order valence-electron chi connectivity index (χ1n) is 9.46. The zero-order valence-corrected chi connectivity index (χ0v) is 17.9. The maximum Gasteiger partial charge on any atom is 0.262 e. The second-order valence-electron chi connectivity index (χ2n) is 7.47. The second kappa shape index (κ2) is 7.54. The van der Waals surface area contributed by atoms with Gasteiger partial charge in [0.15, 0.2) is 0 Å². The van der Waals surface area contributed by atoms with E-state index in [0.29, 0.717) is 18.7 Å². The number of aryl methyl sites for hydroxylation is 1. The van der Waals surface area contributed by atoms with Crippen LogP contribution in [0.1, 0.15) is 15.9 Å². The Morgan fingerprint density at radius 1 is 1.13 bits per heavy atom. The number of hydrogen-bond donors (Lipinski definition) is 0. The number of amides is 1. The van der Waals surface area contributed by atoms with E-state index < -0.39 is 27.6 Å². The van der Waals surface area contributed by atoms with Gasteiger partial charge in [-0.3, -0.25) is 9.48 Å². The van der Waals surface area contributed by atoms with E-state index in [1.165, 1.54) is 48.1 Å². The number of halogens is 2. The Morgan fingerprint density at radius 3 is 2.55 bits per heavy atom. The number of carbonyl (C=O) groups excluding carboxylic acids is 1. The van der Waals surface area contributed by atoms with E-state index in [2.05, 4.69) is 5.10 Å². The largest absolute Gasteiger partial charge is 0.308 e. The Morgan fingerprint density at radius 2 is 1.87 bits per heavy atom. The quantitative estimate of drug-likeness (QED) is 0.618. The zero-order valence-electron chi connectivity index (χ0n) is 17.1. The summed E-state index contributed by atoms with van der Waals surface area (Å²) in [5.41, 5.74) is 1.57. The summed E-state index contributed by atoms with van der Waals surface area (Å²) < 4.78 is 55.2. The van der Waals surface area contributed by atoms with Gasteiger partial charge >= 0.3 is 0 Å². The van der Waals surface area contributed by atoms with Gasteiger partial charge in [-0.25, -0.2) is 21.5 Å². The normalized spacial score (nSPS) is 13.7. The smallest absolute Gasteiger partial charge is 0.262 e. The fourth-order valence-corrected chi connectivity index (χ4v) is 4.53. The summed E-state index contributed by atoms with van der Waals surface area (Å²) in [6.07, 6.45) is 2.03. The fourth-order valence-electron chi connectivity index (χ4n) is 3.61. The van der Waals surface area contributed by atoms with Crippen LogP contribution < -0.4 is 4.90 Å². The molecule has 3 aromatic rings. The van der Waals surface area contributed by atoms with Crippen molar-refractivity contribution in [3.05, 3.63) is 65.4 Å². The molecule has 0 fully saturated rings. The van der Waals surface area contributed by atoms with Crippen molar-refractivity contribution in [2.24, 2.45) is 7.05 Å². The monoisotopic (exact) mass is 446 g/mol. The summed E-state index contributed by atoms with van der Waals surface area (Å²) in [4.78, 5) is 14.9. The molecule has 2 heterocycles. The third kappa shape index (κ3) is 3.61. The highest BCUT2D eigenvalue weighted by Gasteiger charge is 2.31. The molecule has 0 spiro atoms. The van der Waals surface area contributed by atoms with Crippen LogP contribution >= 0.6 is 0 Å². The van der Waals surface area contributed by atoms with Crippen LogP contribution in [0.5, 0.6) is 0 Å². The molecule has 2 aromatic carbocycles. The van der Waals surface area contributed by atoms with E-state index in [9.17, 15) is 22.0 Å². The number of aromatic nitrogens is 2. The van der Waals surface area contributed by atoms with E-state index in [1.807, 2.05) is 0 Å². The Bertz CT molecular complexity index is 1300. The van der Waals surface area contributed by atoms with Gasteiger partial charge in [-0.05, 0) is 36.2 Å². The molecule has 1 aromatic heterocycles. The molecule has 1 amide bonds. The fraction of sp³-hybridized carbons (Fsp3) is 0.238. The van der Waals surface area contributed by atoms with Crippen LogP contribution in [0.4, 0.5) is 14.5 Å². The van der Waals surface area contributed by atoms with Crippen LogP contribution in [0.15, 0.2) is 47.5 Å². The Kier molecular flexibility index (Phi) is 5.14. The molecule has 0 radical (unpaired) electrons. The molecule has 0 N–H and O–H groups in total.